The van der Waals surface area contributed by atoms with Crippen LogP contribution in [0.1, 0.15) is 56.5 Å². The second-order valence-electron chi connectivity index (χ2n) is 13.6. The molecule has 0 bridgehead atoms. The maximum atomic E-state index is 16.6. The number of fused-ring (bicyclic) bond motifs is 2. The Balaban J connectivity index is 0.000000228. The third-order valence-electron chi connectivity index (χ3n) is 9.79. The number of rotatable bonds is 9. The first-order valence-corrected chi connectivity index (χ1v) is 20.5. The summed E-state index contributed by atoms with van der Waals surface area (Å²) in [7, 11) is 0. The van der Waals surface area contributed by atoms with E-state index in [9.17, 15) is 19.1 Å². The number of aliphatic hydroxyl groups excluding tert-OH is 2. The Labute approximate surface area is 343 Å². The van der Waals surface area contributed by atoms with Crippen LogP contribution in [-0.4, -0.2) is 97.3 Å². The number of nitrogens with two attached hydrogens (primary N) is 1. The molecular formula is C39H40F2N6O8S3. The first-order chi connectivity index (χ1) is 27.4. The van der Waals surface area contributed by atoms with Gasteiger partial charge in [-0.15, -0.1) is 34.4 Å². The number of hydrogen-bond acceptors (Lipinski definition) is 17. The maximum absolute atomic E-state index is 16.6. The lowest BCUT2D eigenvalue weighted by Gasteiger charge is -2.27. The van der Waals surface area contributed by atoms with Gasteiger partial charge in [0.25, 0.3) is 0 Å². The van der Waals surface area contributed by atoms with Gasteiger partial charge in [0, 0.05) is 16.1 Å². The fraction of sp³-hybridized carbons (Fsp3) is 0.333. The van der Waals surface area contributed by atoms with E-state index in [1.54, 1.807) is 66.0 Å². The maximum Gasteiger partial charge on any atom is 0.338 e. The third kappa shape index (κ3) is 8.13. The molecule has 7 N–H and O–H groups in total. The number of carbonyl (C=O) groups is 2. The molecule has 0 unspecified atom stereocenters. The number of carbonyl (C=O) groups excluding carboxylic acids is 2. The van der Waals surface area contributed by atoms with E-state index in [0.29, 0.717) is 37.6 Å². The molecule has 2 aliphatic rings. The van der Waals surface area contributed by atoms with Gasteiger partial charge in [-0.3, -0.25) is 0 Å². The molecular weight excluding hydrogens is 815 g/mol. The molecule has 0 aliphatic carbocycles. The third-order valence-corrected chi connectivity index (χ3v) is 12.5. The highest BCUT2D eigenvalue weighted by Crippen LogP contribution is 2.50. The summed E-state index contributed by atoms with van der Waals surface area (Å²) in [6, 6.07) is 16.8. The van der Waals surface area contributed by atoms with Crippen LogP contribution in [0.25, 0.3) is 21.8 Å². The summed E-state index contributed by atoms with van der Waals surface area (Å²) in [6.07, 6.45) is -2.19. The summed E-state index contributed by atoms with van der Waals surface area (Å²) in [4.78, 5) is 43.2. The Bertz CT molecular complexity index is 2370. The Morgan fingerprint density at radius 3 is 1.95 bits per heavy atom. The first kappa shape index (κ1) is 42.9. The van der Waals surface area contributed by atoms with Gasteiger partial charge in [-0.1, -0.05) is 36.4 Å². The van der Waals surface area contributed by atoms with E-state index in [2.05, 4.69) is 19.9 Å². The number of esters is 2. The average molecular weight is 855 g/mol. The van der Waals surface area contributed by atoms with E-state index >= 15 is 4.39 Å². The highest BCUT2D eigenvalue weighted by Gasteiger charge is 2.59. The number of nitrogens with zero attached hydrogens (tertiary/aromatic N) is 4. The van der Waals surface area contributed by atoms with Crippen LogP contribution in [0.2, 0.25) is 0 Å². The van der Waals surface area contributed by atoms with Crippen molar-refractivity contribution < 1.29 is 47.5 Å². The molecule has 2 fully saturated rings. The molecule has 0 amide bonds. The quantitative estimate of drug-likeness (QED) is 0.0681. The topological polar surface area (TPSA) is 224 Å². The summed E-state index contributed by atoms with van der Waals surface area (Å²) in [5, 5.41) is 24.8. The summed E-state index contributed by atoms with van der Waals surface area (Å²) in [6.45, 7) is 1.85. The number of thiophene rings is 2. The van der Waals surface area contributed by atoms with Crippen LogP contribution in [0.15, 0.2) is 89.1 Å². The van der Waals surface area contributed by atoms with Crippen LogP contribution in [0, 0.1) is 0 Å². The van der Waals surface area contributed by atoms with Crippen LogP contribution in [-0.2, 0) is 18.9 Å². The van der Waals surface area contributed by atoms with E-state index in [1.165, 1.54) is 60.9 Å². The van der Waals surface area contributed by atoms with Crippen molar-refractivity contribution in [2.24, 2.45) is 0 Å². The second-order valence-corrected chi connectivity index (χ2v) is 16.2. The zero-order valence-corrected chi connectivity index (χ0v) is 33.8. The Morgan fingerprint density at radius 2 is 1.36 bits per heavy atom. The van der Waals surface area contributed by atoms with E-state index in [4.69, 9.17) is 29.8 Å². The lowest BCUT2D eigenvalue weighted by atomic mass is 9.93. The SMILES string of the molecule is CSc1ncnc2c([C@@H]3O[C@H](COC(=O)c4ccccc4)[C@@H](OC(=O)c4ccccc4)[C@@]3(C)F)scc12.C[C@@]1(F)[C@H](O)[C@@H](CO)O[C@H]1c1scc2c(N)ncnc12.N. The molecule has 2 aliphatic heterocycles. The van der Waals surface area contributed by atoms with Crippen LogP contribution < -0.4 is 11.9 Å². The number of aromatic nitrogens is 4. The summed E-state index contributed by atoms with van der Waals surface area (Å²) < 4.78 is 54.1. The number of hydrogen-bond donors (Lipinski definition) is 4. The van der Waals surface area contributed by atoms with E-state index in [0.717, 1.165) is 10.4 Å². The molecule has 19 heteroatoms. The van der Waals surface area contributed by atoms with Gasteiger partial charge in [0.15, 0.2) is 17.4 Å². The predicted molar refractivity (Wildman–Crippen MR) is 216 cm³/mol. The molecule has 8 rings (SSSR count). The van der Waals surface area contributed by atoms with Crippen LogP contribution in [0.5, 0.6) is 0 Å². The second kappa shape index (κ2) is 17.6. The van der Waals surface area contributed by atoms with Gasteiger partial charge >= 0.3 is 11.9 Å². The highest BCUT2D eigenvalue weighted by molar-refractivity contribution is 7.98. The number of aliphatic hydroxyl groups is 2. The van der Waals surface area contributed by atoms with Gasteiger partial charge in [-0.05, 0) is 44.4 Å². The van der Waals surface area contributed by atoms with Crippen LogP contribution in [0.4, 0.5) is 14.6 Å². The fourth-order valence-electron chi connectivity index (χ4n) is 6.76. The molecule has 2 saturated heterocycles. The number of anilines is 1. The van der Waals surface area contributed by atoms with Gasteiger partial charge in [0.05, 0.1) is 43.9 Å². The zero-order chi connectivity index (χ0) is 40.5. The monoisotopic (exact) mass is 854 g/mol. The Hall–Kier alpha value is -4.73. The molecule has 4 aromatic heterocycles. The minimum atomic E-state index is -2.14. The number of halogens is 2. The molecule has 8 atom stereocenters. The summed E-state index contributed by atoms with van der Waals surface area (Å²) in [5.74, 6) is -0.961. The molecule has 58 heavy (non-hydrogen) atoms. The molecule has 2 aromatic carbocycles. The highest BCUT2D eigenvalue weighted by atomic mass is 32.2. The van der Waals surface area contributed by atoms with Gasteiger partial charge in [0.2, 0.25) is 0 Å². The van der Waals surface area contributed by atoms with E-state index in [-0.39, 0.29) is 18.3 Å². The average Bonchev–Trinajstić information content (AvgIpc) is 3.96. The molecule has 306 valence electrons. The number of thioether (sulfide) groups is 1. The van der Waals surface area contributed by atoms with E-state index in [1.807, 2.05) is 11.6 Å². The molecule has 6 heterocycles. The minimum Gasteiger partial charge on any atom is -0.459 e. The number of nitrogen functional groups attached to an aromatic ring is 1. The van der Waals surface area contributed by atoms with Crippen LogP contribution in [0.3, 0.4) is 0 Å². The van der Waals surface area contributed by atoms with Gasteiger partial charge in [0.1, 0.15) is 60.6 Å². The van der Waals surface area contributed by atoms with Gasteiger partial charge in [-0.2, -0.15) is 0 Å². The van der Waals surface area contributed by atoms with Crippen molar-refractivity contribution in [2.75, 3.05) is 25.2 Å². The van der Waals surface area contributed by atoms with Crippen molar-refractivity contribution in [2.45, 2.75) is 66.8 Å². The molecule has 14 nitrogen and oxygen atoms in total. The van der Waals surface area contributed by atoms with E-state index < -0.39 is 66.5 Å². The molecule has 0 radical (unpaired) electrons. The fourth-order valence-corrected chi connectivity index (χ4v) is 9.67. The van der Waals surface area contributed by atoms with Crippen LogP contribution >= 0.6 is 34.4 Å². The van der Waals surface area contributed by atoms with Crippen molar-refractivity contribution in [3.05, 3.63) is 105 Å². The molecule has 6 aromatic rings. The molecule has 0 spiro atoms. The Morgan fingerprint density at radius 1 is 0.828 bits per heavy atom. The Kier molecular flexibility index (Phi) is 13.0. The predicted octanol–water partition coefficient (Wildman–Crippen LogP) is 6.62. The smallest absolute Gasteiger partial charge is 0.338 e. The number of alkyl halides is 2. The molecule has 0 saturated carbocycles. The summed E-state index contributed by atoms with van der Waals surface area (Å²) in [5.41, 5.74) is 3.32. The minimum absolute atomic E-state index is 0. The summed E-state index contributed by atoms with van der Waals surface area (Å²) >= 11 is 4.02. The zero-order valence-electron chi connectivity index (χ0n) is 31.4. The van der Waals surface area contributed by atoms with Crippen molar-refractivity contribution in [1.29, 1.82) is 0 Å². The number of benzene rings is 2. The lowest BCUT2D eigenvalue weighted by Crippen LogP contribution is -2.43. The van der Waals surface area contributed by atoms with Gasteiger partial charge in [-0.25, -0.2) is 38.3 Å². The largest absolute Gasteiger partial charge is 0.459 e. The van der Waals surface area contributed by atoms with Crippen molar-refractivity contribution in [1.82, 2.24) is 26.1 Å². The van der Waals surface area contributed by atoms with Crippen molar-refractivity contribution in [3.63, 3.8) is 0 Å². The van der Waals surface area contributed by atoms with Gasteiger partial charge < -0.3 is 41.0 Å². The van der Waals surface area contributed by atoms with Crippen molar-refractivity contribution >= 4 is 74.0 Å². The normalized spacial score (nSPS) is 26.5. The number of ether oxygens (including phenoxy) is 4. The van der Waals surface area contributed by atoms with Crippen molar-refractivity contribution in [3.8, 4) is 0 Å². The standard InChI is InChI=1S/C27H23FN2O5S2.C12H14FN3O3S.H3N/c1-27(28)22(35-26(32)17-11-7-4-8-12-17)19(13-33-25(31)16-9-5-3-6-10-16)34-23(27)21-20-18(14-37-21)24(36-2)30-15-29-20;1-12(13)9(18)6(2-17)19-10(12)8-7-5(3-20-8)11(14)16-4-15-7;/h3-12,14-15,19,22-23H,13H2,1-2H3;3-4,6,9-10,17-18H,2H2,1H3,(H2,14,15,16);1H3/t19-,22-,23+,27-;6-,9-,10+,12-;/m11./s1. The lowest BCUT2D eigenvalue weighted by molar-refractivity contribution is -0.0443. The first-order valence-electron chi connectivity index (χ1n) is 17.6.